The second-order valence-corrected chi connectivity index (χ2v) is 7.09. The molecule has 0 fully saturated rings. The molecule has 0 aliphatic rings. The average molecular weight is 353 g/mol. The first-order valence-electron chi connectivity index (χ1n) is 8.65. The van der Waals surface area contributed by atoms with Crippen LogP contribution >= 0.6 is 11.3 Å². The Labute approximate surface area is 152 Å². The van der Waals surface area contributed by atoms with Gasteiger partial charge in [-0.25, -0.2) is 4.98 Å². The highest BCUT2D eigenvalue weighted by molar-refractivity contribution is 7.16. The van der Waals surface area contributed by atoms with Gasteiger partial charge in [0.2, 0.25) is 0 Å². The van der Waals surface area contributed by atoms with Crippen molar-refractivity contribution in [3.8, 4) is 5.13 Å². The summed E-state index contributed by atoms with van der Waals surface area (Å²) in [6, 6.07) is 14.4. The molecule has 1 N–H and O–H groups in total. The minimum absolute atomic E-state index is 0.0201. The van der Waals surface area contributed by atoms with Crippen LogP contribution in [-0.4, -0.2) is 21.5 Å². The molecule has 0 saturated heterocycles. The van der Waals surface area contributed by atoms with Crippen LogP contribution in [0.1, 0.15) is 41.2 Å². The quantitative estimate of drug-likeness (QED) is 0.690. The Morgan fingerprint density at radius 3 is 2.60 bits per heavy atom. The fraction of sp³-hybridized carbons (Fsp3) is 0.300. The Kier molecular flexibility index (Phi) is 5.66. The van der Waals surface area contributed by atoms with Crippen LogP contribution in [0.3, 0.4) is 0 Å². The molecule has 1 amide bonds. The summed E-state index contributed by atoms with van der Waals surface area (Å²) < 4.78 is 1.94. The SMILES string of the molecule is CCc1nc(-n2cccc2)sc1C(=O)N[C@H](C)CCc1ccccc1. The molecule has 0 bridgehead atoms. The summed E-state index contributed by atoms with van der Waals surface area (Å²) in [5.41, 5.74) is 2.16. The van der Waals surface area contributed by atoms with E-state index in [1.807, 2.05) is 54.2 Å². The first-order chi connectivity index (χ1) is 12.2. The lowest BCUT2D eigenvalue weighted by Crippen LogP contribution is -2.32. The number of amides is 1. The number of carbonyl (C=O) groups is 1. The number of aryl methyl sites for hydroxylation is 2. The highest BCUT2D eigenvalue weighted by Crippen LogP contribution is 2.23. The molecule has 0 spiro atoms. The van der Waals surface area contributed by atoms with E-state index in [1.165, 1.54) is 16.9 Å². The van der Waals surface area contributed by atoms with Crippen LogP contribution in [0.4, 0.5) is 0 Å². The monoisotopic (exact) mass is 353 g/mol. The van der Waals surface area contributed by atoms with Gasteiger partial charge in [0.1, 0.15) is 4.88 Å². The van der Waals surface area contributed by atoms with E-state index in [2.05, 4.69) is 29.4 Å². The lowest BCUT2D eigenvalue weighted by molar-refractivity contribution is 0.0941. The number of rotatable bonds is 7. The number of aromatic nitrogens is 2. The Hall–Kier alpha value is -2.40. The maximum absolute atomic E-state index is 12.7. The molecule has 0 saturated carbocycles. The first-order valence-corrected chi connectivity index (χ1v) is 9.47. The predicted octanol–water partition coefficient (Wildman–Crippen LogP) is 4.25. The van der Waals surface area contributed by atoms with Crippen LogP contribution < -0.4 is 5.32 Å². The maximum atomic E-state index is 12.7. The molecule has 0 aliphatic heterocycles. The lowest BCUT2D eigenvalue weighted by Gasteiger charge is -2.13. The van der Waals surface area contributed by atoms with Gasteiger partial charge in [0.25, 0.3) is 5.91 Å². The third-order valence-corrected chi connectivity index (χ3v) is 5.25. The Bertz CT molecular complexity index is 809. The summed E-state index contributed by atoms with van der Waals surface area (Å²) in [5.74, 6) is -0.0201. The molecule has 1 aromatic carbocycles. The van der Waals surface area contributed by atoms with Crippen molar-refractivity contribution in [3.63, 3.8) is 0 Å². The topological polar surface area (TPSA) is 46.9 Å². The van der Waals surface area contributed by atoms with Gasteiger partial charge in [-0.3, -0.25) is 4.79 Å². The van der Waals surface area contributed by atoms with Gasteiger partial charge in [-0.15, -0.1) is 0 Å². The smallest absolute Gasteiger partial charge is 0.263 e. The van der Waals surface area contributed by atoms with E-state index >= 15 is 0 Å². The number of thiazole rings is 1. The van der Waals surface area contributed by atoms with Gasteiger partial charge in [0.05, 0.1) is 5.69 Å². The van der Waals surface area contributed by atoms with Gasteiger partial charge in [0.15, 0.2) is 5.13 Å². The molecule has 2 aromatic heterocycles. The van der Waals surface area contributed by atoms with Crippen LogP contribution in [-0.2, 0) is 12.8 Å². The van der Waals surface area contributed by atoms with Crippen molar-refractivity contribution < 1.29 is 4.79 Å². The number of hydrogen-bond acceptors (Lipinski definition) is 3. The fourth-order valence-electron chi connectivity index (χ4n) is 2.72. The van der Waals surface area contributed by atoms with Crippen molar-refractivity contribution in [2.75, 3.05) is 0 Å². The van der Waals surface area contributed by atoms with Crippen LogP contribution in [0.25, 0.3) is 5.13 Å². The maximum Gasteiger partial charge on any atom is 0.263 e. The first kappa shape index (κ1) is 17.4. The van der Waals surface area contributed by atoms with E-state index in [9.17, 15) is 4.79 Å². The Morgan fingerprint density at radius 1 is 1.20 bits per heavy atom. The normalized spacial score (nSPS) is 12.1. The summed E-state index contributed by atoms with van der Waals surface area (Å²) in [7, 11) is 0. The summed E-state index contributed by atoms with van der Waals surface area (Å²) >= 11 is 1.45. The summed E-state index contributed by atoms with van der Waals surface area (Å²) in [6.07, 6.45) is 6.52. The van der Waals surface area contributed by atoms with Crippen molar-refractivity contribution in [1.29, 1.82) is 0 Å². The fourth-order valence-corrected chi connectivity index (χ4v) is 3.74. The van der Waals surface area contributed by atoms with Crippen LogP contribution in [0.5, 0.6) is 0 Å². The standard InChI is InChI=1S/C20H23N3OS/c1-3-17-18(25-20(22-17)23-13-7-8-14-23)19(24)21-15(2)11-12-16-9-5-4-6-10-16/h4-10,13-15H,3,11-12H2,1-2H3,(H,21,24)/t15-/m1/s1. The van der Waals surface area contributed by atoms with Crippen molar-refractivity contribution >= 4 is 17.2 Å². The van der Waals surface area contributed by atoms with Gasteiger partial charge < -0.3 is 9.88 Å². The van der Waals surface area contributed by atoms with Crippen molar-refractivity contribution in [1.82, 2.24) is 14.9 Å². The average Bonchev–Trinajstić information content (AvgIpc) is 3.30. The molecule has 130 valence electrons. The molecule has 25 heavy (non-hydrogen) atoms. The zero-order valence-corrected chi connectivity index (χ0v) is 15.4. The number of carbonyl (C=O) groups excluding carboxylic acids is 1. The van der Waals surface area contributed by atoms with Gasteiger partial charge in [-0.1, -0.05) is 48.6 Å². The molecule has 5 heteroatoms. The van der Waals surface area contributed by atoms with E-state index in [0.717, 1.165) is 35.0 Å². The van der Waals surface area contributed by atoms with E-state index < -0.39 is 0 Å². The largest absolute Gasteiger partial charge is 0.349 e. The minimum atomic E-state index is -0.0201. The zero-order chi connectivity index (χ0) is 17.6. The lowest BCUT2D eigenvalue weighted by atomic mass is 10.1. The third kappa shape index (κ3) is 4.37. The molecular weight excluding hydrogens is 330 g/mol. The van der Waals surface area contributed by atoms with Crippen molar-refractivity contribution in [3.05, 3.63) is 71.0 Å². The molecule has 3 aromatic rings. The van der Waals surface area contributed by atoms with E-state index in [0.29, 0.717) is 0 Å². The number of nitrogens with one attached hydrogen (secondary N) is 1. The highest BCUT2D eigenvalue weighted by atomic mass is 32.1. The molecular formula is C20H23N3OS. The molecule has 2 heterocycles. The molecule has 0 unspecified atom stereocenters. The molecule has 4 nitrogen and oxygen atoms in total. The van der Waals surface area contributed by atoms with E-state index in [4.69, 9.17) is 0 Å². The molecule has 3 rings (SSSR count). The Morgan fingerprint density at radius 2 is 1.92 bits per heavy atom. The van der Waals surface area contributed by atoms with Gasteiger partial charge in [-0.2, -0.15) is 0 Å². The second kappa shape index (κ2) is 8.12. The van der Waals surface area contributed by atoms with Gasteiger partial charge in [0, 0.05) is 18.4 Å². The summed E-state index contributed by atoms with van der Waals surface area (Å²) in [4.78, 5) is 18.0. The van der Waals surface area contributed by atoms with Crippen LogP contribution in [0, 0.1) is 0 Å². The predicted molar refractivity (Wildman–Crippen MR) is 103 cm³/mol. The number of hydrogen-bond donors (Lipinski definition) is 1. The second-order valence-electron chi connectivity index (χ2n) is 6.11. The molecule has 0 radical (unpaired) electrons. The van der Waals surface area contributed by atoms with Crippen molar-refractivity contribution in [2.24, 2.45) is 0 Å². The number of benzene rings is 1. The summed E-state index contributed by atoms with van der Waals surface area (Å²) in [6.45, 7) is 4.09. The highest BCUT2D eigenvalue weighted by Gasteiger charge is 2.19. The molecule has 1 atom stereocenters. The van der Waals surface area contributed by atoms with E-state index in [-0.39, 0.29) is 11.9 Å². The molecule has 0 aliphatic carbocycles. The van der Waals surface area contributed by atoms with Crippen LogP contribution in [0.2, 0.25) is 0 Å². The minimum Gasteiger partial charge on any atom is -0.349 e. The summed E-state index contributed by atoms with van der Waals surface area (Å²) in [5, 5.41) is 3.96. The van der Waals surface area contributed by atoms with Crippen LogP contribution in [0.15, 0.2) is 54.9 Å². The Balaban J connectivity index is 1.64. The zero-order valence-electron chi connectivity index (χ0n) is 14.6. The van der Waals surface area contributed by atoms with Gasteiger partial charge >= 0.3 is 0 Å². The van der Waals surface area contributed by atoms with E-state index in [1.54, 1.807) is 0 Å². The van der Waals surface area contributed by atoms with Crippen molar-refractivity contribution in [2.45, 2.75) is 39.2 Å². The number of nitrogens with zero attached hydrogens (tertiary/aromatic N) is 2. The van der Waals surface area contributed by atoms with Gasteiger partial charge in [-0.05, 0) is 43.9 Å². The third-order valence-electron chi connectivity index (χ3n) is 4.14.